The zero-order chi connectivity index (χ0) is 24.4. The topological polar surface area (TPSA) is 53.1 Å². The molecule has 0 bridgehead atoms. The Morgan fingerprint density at radius 3 is 2.09 bits per heavy atom. The summed E-state index contributed by atoms with van der Waals surface area (Å²) < 4.78 is 5.19. The van der Waals surface area contributed by atoms with Crippen molar-refractivity contribution in [3.05, 3.63) is 95.0 Å². The van der Waals surface area contributed by atoms with Gasteiger partial charge in [0.25, 0.3) is 5.91 Å². The van der Waals surface area contributed by atoms with E-state index in [1.807, 2.05) is 18.2 Å². The predicted molar refractivity (Wildman–Crippen MR) is 137 cm³/mol. The second-order valence-electron chi connectivity index (χ2n) is 8.92. The van der Waals surface area contributed by atoms with Crippen LogP contribution in [0.2, 0.25) is 5.02 Å². The van der Waals surface area contributed by atoms with Gasteiger partial charge in [-0.2, -0.15) is 0 Å². The molecule has 0 saturated carbocycles. The van der Waals surface area contributed by atoms with Crippen molar-refractivity contribution in [3.63, 3.8) is 0 Å². The van der Waals surface area contributed by atoms with Crippen molar-refractivity contribution in [3.8, 4) is 5.75 Å². The molecule has 2 amide bonds. The summed E-state index contributed by atoms with van der Waals surface area (Å²) in [5.74, 6) is 0.385. The minimum Gasteiger partial charge on any atom is -0.497 e. The number of rotatable bonds is 6. The van der Waals surface area contributed by atoms with Crippen molar-refractivity contribution in [2.45, 2.75) is 18.5 Å². The molecule has 2 heterocycles. The lowest BCUT2D eigenvalue weighted by molar-refractivity contribution is -0.123. The van der Waals surface area contributed by atoms with Gasteiger partial charge in [-0.1, -0.05) is 54.1 Å². The number of nitrogens with zero attached hydrogens (tertiary/aromatic N) is 3. The lowest BCUT2D eigenvalue weighted by Crippen LogP contribution is -2.53. The van der Waals surface area contributed by atoms with Crippen LogP contribution in [0.1, 0.15) is 23.6 Å². The number of hydrogen-bond donors (Lipinski definition) is 0. The summed E-state index contributed by atoms with van der Waals surface area (Å²) >= 11 is 6.15. The molecule has 0 spiro atoms. The average Bonchev–Trinajstić information content (AvgIpc) is 3.20. The van der Waals surface area contributed by atoms with Crippen LogP contribution < -0.4 is 9.64 Å². The molecule has 0 N–H and O–H groups in total. The van der Waals surface area contributed by atoms with Crippen LogP contribution in [0.4, 0.5) is 5.69 Å². The van der Waals surface area contributed by atoms with E-state index in [-0.39, 0.29) is 24.3 Å². The van der Waals surface area contributed by atoms with E-state index in [1.54, 1.807) is 31.4 Å². The number of hydrogen-bond acceptors (Lipinski definition) is 5. The molecule has 2 saturated heterocycles. The largest absolute Gasteiger partial charge is 0.497 e. The summed E-state index contributed by atoms with van der Waals surface area (Å²) in [7, 11) is 1.59. The average molecular weight is 490 g/mol. The highest BCUT2D eigenvalue weighted by Gasteiger charge is 2.43. The molecule has 2 fully saturated rings. The molecule has 2 aliphatic rings. The third-order valence-electron chi connectivity index (χ3n) is 6.91. The number of carbonyl (C=O) groups excluding carboxylic acids is 2. The highest BCUT2D eigenvalue weighted by atomic mass is 35.5. The van der Waals surface area contributed by atoms with Crippen molar-refractivity contribution in [1.29, 1.82) is 0 Å². The van der Waals surface area contributed by atoms with Gasteiger partial charge in [-0.25, -0.2) is 4.90 Å². The lowest BCUT2D eigenvalue weighted by Gasteiger charge is -2.41. The number of halogens is 1. The molecular formula is C28H28ClN3O3. The van der Waals surface area contributed by atoms with E-state index >= 15 is 0 Å². The number of carbonyl (C=O) groups is 2. The van der Waals surface area contributed by atoms with E-state index in [0.29, 0.717) is 11.4 Å². The second-order valence-corrected chi connectivity index (χ2v) is 9.36. The van der Waals surface area contributed by atoms with Crippen molar-refractivity contribution in [1.82, 2.24) is 9.80 Å². The molecule has 2 aliphatic heterocycles. The number of imide groups is 1. The molecule has 5 rings (SSSR count). The fraction of sp³-hybridized carbons (Fsp3) is 0.286. The van der Waals surface area contributed by atoms with Crippen LogP contribution in [0.15, 0.2) is 78.9 Å². The monoisotopic (exact) mass is 489 g/mol. The molecular weight excluding hydrogens is 462 g/mol. The van der Waals surface area contributed by atoms with Gasteiger partial charge in [0.1, 0.15) is 5.75 Å². The Balaban J connectivity index is 1.30. The van der Waals surface area contributed by atoms with Crippen LogP contribution in [-0.2, 0) is 9.59 Å². The first kappa shape index (κ1) is 23.5. The van der Waals surface area contributed by atoms with Crippen molar-refractivity contribution in [2.75, 3.05) is 38.2 Å². The first-order valence-electron chi connectivity index (χ1n) is 11.8. The van der Waals surface area contributed by atoms with Gasteiger partial charge < -0.3 is 4.74 Å². The van der Waals surface area contributed by atoms with Gasteiger partial charge in [0.15, 0.2) is 0 Å². The standard InChI is InChI=1S/C28H28ClN3O3/c1-35-24-13-11-23(12-14-24)32-26(33)19-25(28(32)34)30-15-17-31(18-16-30)27(20-5-3-2-4-6-20)21-7-9-22(29)10-8-21/h2-14,25,27H,15-19H2,1H3. The summed E-state index contributed by atoms with van der Waals surface area (Å²) in [6, 6.07) is 25.2. The number of ether oxygens (including phenoxy) is 1. The zero-order valence-electron chi connectivity index (χ0n) is 19.6. The number of methoxy groups -OCH3 is 1. The number of benzene rings is 3. The molecule has 35 heavy (non-hydrogen) atoms. The van der Waals surface area contributed by atoms with Gasteiger partial charge in [-0.3, -0.25) is 19.4 Å². The summed E-state index contributed by atoms with van der Waals surface area (Å²) in [6.45, 7) is 3.03. The van der Waals surface area contributed by atoms with Crippen molar-refractivity contribution in [2.24, 2.45) is 0 Å². The molecule has 2 unspecified atom stereocenters. The van der Waals surface area contributed by atoms with Crippen LogP contribution in [0.5, 0.6) is 5.75 Å². The quantitative estimate of drug-likeness (QED) is 0.481. The Labute approximate surface area is 210 Å². The van der Waals surface area contributed by atoms with E-state index in [2.05, 4.69) is 46.2 Å². The van der Waals surface area contributed by atoms with Gasteiger partial charge in [0.2, 0.25) is 5.91 Å². The van der Waals surface area contributed by atoms with Gasteiger partial charge in [-0.15, -0.1) is 0 Å². The lowest BCUT2D eigenvalue weighted by atomic mass is 9.96. The molecule has 6 nitrogen and oxygen atoms in total. The number of anilines is 1. The highest BCUT2D eigenvalue weighted by molar-refractivity contribution is 6.30. The Bertz CT molecular complexity index is 1180. The van der Waals surface area contributed by atoms with Crippen molar-refractivity contribution >= 4 is 29.1 Å². The van der Waals surface area contributed by atoms with Gasteiger partial charge in [0, 0.05) is 31.2 Å². The summed E-state index contributed by atoms with van der Waals surface area (Å²) in [5.41, 5.74) is 3.00. The third kappa shape index (κ3) is 4.82. The smallest absolute Gasteiger partial charge is 0.251 e. The molecule has 0 radical (unpaired) electrons. The van der Waals surface area contributed by atoms with E-state index < -0.39 is 6.04 Å². The predicted octanol–water partition coefficient (Wildman–Crippen LogP) is 4.39. The van der Waals surface area contributed by atoms with E-state index in [9.17, 15) is 9.59 Å². The highest BCUT2D eigenvalue weighted by Crippen LogP contribution is 2.32. The minimum absolute atomic E-state index is 0.104. The second kappa shape index (κ2) is 10.2. The van der Waals surface area contributed by atoms with Gasteiger partial charge >= 0.3 is 0 Å². The fourth-order valence-electron chi connectivity index (χ4n) is 5.11. The van der Waals surface area contributed by atoms with E-state index in [4.69, 9.17) is 16.3 Å². The zero-order valence-corrected chi connectivity index (χ0v) is 20.4. The Hall–Kier alpha value is -3.19. The normalized spacial score (nSPS) is 20.3. The van der Waals surface area contributed by atoms with Crippen LogP contribution in [-0.4, -0.2) is 60.9 Å². The molecule has 0 aliphatic carbocycles. The van der Waals surface area contributed by atoms with Crippen LogP contribution in [0, 0.1) is 0 Å². The first-order chi connectivity index (χ1) is 17.0. The number of amides is 2. The SMILES string of the molecule is COc1ccc(N2C(=O)CC(N3CCN(C(c4ccccc4)c4ccc(Cl)cc4)CC3)C2=O)cc1. The summed E-state index contributed by atoms with van der Waals surface area (Å²) in [5, 5.41) is 0.719. The first-order valence-corrected chi connectivity index (χ1v) is 12.2. The molecule has 7 heteroatoms. The maximum Gasteiger partial charge on any atom is 0.251 e. The van der Waals surface area contributed by atoms with E-state index in [0.717, 1.165) is 31.2 Å². The molecule has 3 aromatic carbocycles. The molecule has 2 atom stereocenters. The summed E-state index contributed by atoms with van der Waals surface area (Å²) in [4.78, 5) is 32.0. The van der Waals surface area contributed by atoms with Crippen LogP contribution >= 0.6 is 11.6 Å². The fourth-order valence-corrected chi connectivity index (χ4v) is 5.23. The van der Waals surface area contributed by atoms with Crippen molar-refractivity contribution < 1.29 is 14.3 Å². The molecule has 0 aromatic heterocycles. The number of piperazine rings is 1. The Kier molecular flexibility index (Phi) is 6.86. The molecule has 3 aromatic rings. The maximum absolute atomic E-state index is 13.3. The molecule has 180 valence electrons. The minimum atomic E-state index is -0.419. The summed E-state index contributed by atoms with van der Waals surface area (Å²) in [6.07, 6.45) is 0.212. The van der Waals surface area contributed by atoms with Gasteiger partial charge in [0.05, 0.1) is 31.3 Å². The van der Waals surface area contributed by atoms with E-state index in [1.165, 1.54) is 16.0 Å². The van der Waals surface area contributed by atoms with Crippen LogP contribution in [0.25, 0.3) is 0 Å². The third-order valence-corrected chi connectivity index (χ3v) is 7.16. The van der Waals surface area contributed by atoms with Crippen LogP contribution in [0.3, 0.4) is 0 Å². The Morgan fingerprint density at radius 1 is 0.829 bits per heavy atom. The van der Waals surface area contributed by atoms with Gasteiger partial charge in [-0.05, 0) is 47.5 Å². The Morgan fingerprint density at radius 2 is 1.46 bits per heavy atom. The maximum atomic E-state index is 13.3.